The topological polar surface area (TPSA) is 146 Å². The molecule has 37 heavy (non-hydrogen) atoms. The Labute approximate surface area is 218 Å². The fourth-order valence-electron chi connectivity index (χ4n) is 3.36. The molecule has 1 aliphatic heterocycles. The molecule has 0 unspecified atom stereocenters. The number of carbonyl (C=O) groups is 1. The van der Waals surface area contributed by atoms with E-state index in [1.807, 2.05) is 24.0 Å². The fraction of sp³-hybridized carbons (Fsp3) is 0.292. The van der Waals surface area contributed by atoms with Crippen LogP contribution in [-0.2, 0) is 9.53 Å². The molecule has 194 valence electrons. The van der Waals surface area contributed by atoms with Gasteiger partial charge in [-0.3, -0.25) is 0 Å². The second-order valence-corrected chi connectivity index (χ2v) is 8.32. The van der Waals surface area contributed by atoms with Crippen LogP contribution in [0.3, 0.4) is 0 Å². The maximum atomic E-state index is 10.7. The Morgan fingerprint density at radius 1 is 1.16 bits per heavy atom. The highest BCUT2D eigenvalue weighted by Gasteiger charge is 2.17. The van der Waals surface area contributed by atoms with Gasteiger partial charge in [0.2, 0.25) is 17.8 Å². The number of aliphatic carboxylic acids is 1. The number of ether oxygens (including phenoxy) is 3. The molecule has 1 aliphatic rings. The first kappa shape index (κ1) is 25.9. The number of hydrazone groups is 1. The molecule has 13 heteroatoms. The van der Waals surface area contributed by atoms with Crippen molar-refractivity contribution in [2.45, 2.75) is 6.92 Å². The lowest BCUT2D eigenvalue weighted by Gasteiger charge is -2.27. The minimum atomic E-state index is -1.33. The number of morpholine rings is 1. The van der Waals surface area contributed by atoms with Crippen molar-refractivity contribution >= 4 is 47.3 Å². The van der Waals surface area contributed by atoms with Crippen molar-refractivity contribution in [2.75, 3.05) is 55.7 Å². The summed E-state index contributed by atoms with van der Waals surface area (Å²) in [6, 6.07) is 10.5. The van der Waals surface area contributed by atoms with E-state index in [-0.39, 0.29) is 11.7 Å². The number of hydrogen-bond acceptors (Lipinski definition) is 12. The zero-order chi connectivity index (χ0) is 26.2. The zero-order valence-corrected chi connectivity index (χ0v) is 21.0. The number of carbonyl (C=O) groups excluding carboxylic acids is 1. The smallest absolute Gasteiger partial charge is 0.250 e. The summed E-state index contributed by atoms with van der Waals surface area (Å²) in [5, 5.41) is 18.7. The van der Waals surface area contributed by atoms with Gasteiger partial charge in [-0.25, -0.2) is 5.43 Å². The molecule has 0 bridgehead atoms. The van der Waals surface area contributed by atoms with Gasteiger partial charge in [-0.05, 0) is 48.4 Å². The number of nitrogens with zero attached hydrogens (tertiary/aromatic N) is 5. The summed E-state index contributed by atoms with van der Waals surface area (Å²) in [5.41, 5.74) is 5.20. The van der Waals surface area contributed by atoms with Crippen LogP contribution >= 0.6 is 11.6 Å². The van der Waals surface area contributed by atoms with Crippen LogP contribution in [0.1, 0.15) is 11.1 Å². The van der Waals surface area contributed by atoms with Crippen LogP contribution < -0.4 is 30.2 Å². The first-order valence-corrected chi connectivity index (χ1v) is 11.7. The zero-order valence-electron chi connectivity index (χ0n) is 20.2. The van der Waals surface area contributed by atoms with Gasteiger partial charge in [0.15, 0.2) is 11.5 Å². The molecule has 0 atom stereocenters. The van der Waals surface area contributed by atoms with Crippen molar-refractivity contribution < 1.29 is 24.1 Å². The van der Waals surface area contributed by atoms with E-state index in [0.717, 1.165) is 11.3 Å². The van der Waals surface area contributed by atoms with Crippen LogP contribution in [0.15, 0.2) is 41.5 Å². The number of benzene rings is 2. The number of aromatic nitrogens is 3. The van der Waals surface area contributed by atoms with E-state index in [0.29, 0.717) is 54.5 Å². The molecule has 0 saturated carbocycles. The lowest BCUT2D eigenvalue weighted by molar-refractivity contribution is -0.307. The van der Waals surface area contributed by atoms with E-state index in [4.69, 9.17) is 25.8 Å². The summed E-state index contributed by atoms with van der Waals surface area (Å²) in [6.07, 6.45) is 1.54. The van der Waals surface area contributed by atoms with Crippen LogP contribution in [0.2, 0.25) is 5.02 Å². The fourth-order valence-corrected chi connectivity index (χ4v) is 3.54. The van der Waals surface area contributed by atoms with Gasteiger partial charge < -0.3 is 34.3 Å². The third-order valence-electron chi connectivity index (χ3n) is 5.26. The lowest BCUT2D eigenvalue weighted by Crippen LogP contribution is -2.37. The Balaban J connectivity index is 1.53. The van der Waals surface area contributed by atoms with Crippen LogP contribution in [-0.4, -0.2) is 67.2 Å². The summed E-state index contributed by atoms with van der Waals surface area (Å²) in [6.45, 7) is 3.79. The summed E-state index contributed by atoms with van der Waals surface area (Å²) in [4.78, 5) is 26.1. The molecule has 1 aromatic heterocycles. The van der Waals surface area contributed by atoms with Gasteiger partial charge in [-0.15, -0.1) is 0 Å². The van der Waals surface area contributed by atoms with Crippen LogP contribution in [0.25, 0.3) is 0 Å². The summed E-state index contributed by atoms with van der Waals surface area (Å²) < 4.78 is 15.9. The van der Waals surface area contributed by atoms with Crippen molar-refractivity contribution in [3.63, 3.8) is 0 Å². The number of methoxy groups -OCH3 is 1. The molecule has 0 radical (unpaired) electrons. The molecule has 0 amide bonds. The third-order valence-corrected chi connectivity index (χ3v) is 5.66. The van der Waals surface area contributed by atoms with E-state index in [1.54, 1.807) is 24.3 Å². The number of carboxylic acids is 1. The molecule has 12 nitrogen and oxygen atoms in total. The Hall–Kier alpha value is -4.16. The first-order valence-electron chi connectivity index (χ1n) is 11.3. The number of halogens is 1. The molecule has 2 heterocycles. The Bertz CT molecular complexity index is 1280. The molecule has 4 rings (SSSR count). The van der Waals surface area contributed by atoms with Crippen LogP contribution in [0.5, 0.6) is 11.5 Å². The predicted molar refractivity (Wildman–Crippen MR) is 137 cm³/mol. The van der Waals surface area contributed by atoms with Crippen LogP contribution in [0.4, 0.5) is 23.5 Å². The van der Waals surface area contributed by atoms with E-state index >= 15 is 0 Å². The largest absolute Gasteiger partial charge is 0.546 e. The quantitative estimate of drug-likeness (QED) is 0.295. The standard InChI is InChI=1S/C24H26ClN7O5/c1-15-3-5-17(12-18(15)25)27-22-28-23(30-24(29-22)32-7-9-36-10-8-32)31-26-13-16-4-6-19(20(11-16)35-2)37-14-21(33)34/h3-6,11-13H,7-10,14H2,1-2H3,(H,33,34)(H2,27,28,29,30,31)/p-1/b26-13-. The number of rotatable bonds is 10. The Kier molecular flexibility index (Phi) is 8.54. The first-order chi connectivity index (χ1) is 17.9. The molecular weight excluding hydrogens is 502 g/mol. The van der Waals surface area contributed by atoms with Gasteiger partial charge in [0.1, 0.15) is 6.61 Å². The van der Waals surface area contributed by atoms with Crippen LogP contribution in [0, 0.1) is 6.92 Å². The number of aryl methyl sites for hydroxylation is 1. The molecule has 0 spiro atoms. The van der Waals surface area contributed by atoms with E-state index in [1.165, 1.54) is 13.3 Å². The Morgan fingerprint density at radius 3 is 2.68 bits per heavy atom. The van der Waals surface area contributed by atoms with Gasteiger partial charge in [0.05, 0.1) is 32.5 Å². The number of nitrogens with one attached hydrogen (secondary N) is 2. The van der Waals surface area contributed by atoms with Crippen molar-refractivity contribution in [1.29, 1.82) is 0 Å². The highest BCUT2D eigenvalue weighted by molar-refractivity contribution is 6.31. The van der Waals surface area contributed by atoms with Crippen molar-refractivity contribution in [3.05, 3.63) is 52.5 Å². The van der Waals surface area contributed by atoms with E-state index in [9.17, 15) is 9.90 Å². The molecule has 1 saturated heterocycles. The SMILES string of the molecule is COc1cc(/C=N\Nc2nc(Nc3ccc(C)c(Cl)c3)nc(N3CCOCC3)n2)ccc1OCC(=O)[O-]. The molecule has 0 aliphatic carbocycles. The molecule has 2 aromatic carbocycles. The second-order valence-electron chi connectivity index (χ2n) is 7.91. The monoisotopic (exact) mass is 526 g/mol. The molecule has 2 N–H and O–H groups in total. The number of carboxylic acid groups (broad SMARTS) is 1. The molecular formula is C24H25ClN7O5-. The van der Waals surface area contributed by atoms with Crippen molar-refractivity contribution in [3.8, 4) is 11.5 Å². The van der Waals surface area contributed by atoms with Crippen molar-refractivity contribution in [1.82, 2.24) is 15.0 Å². The van der Waals surface area contributed by atoms with E-state index in [2.05, 4.69) is 30.8 Å². The van der Waals surface area contributed by atoms with Crippen molar-refractivity contribution in [2.24, 2.45) is 5.10 Å². The van der Waals surface area contributed by atoms with Gasteiger partial charge in [-0.2, -0.15) is 20.1 Å². The summed E-state index contributed by atoms with van der Waals surface area (Å²) >= 11 is 6.26. The minimum absolute atomic E-state index is 0.231. The van der Waals surface area contributed by atoms with E-state index < -0.39 is 12.6 Å². The summed E-state index contributed by atoms with van der Waals surface area (Å²) in [7, 11) is 1.45. The average Bonchev–Trinajstić information content (AvgIpc) is 2.90. The highest BCUT2D eigenvalue weighted by atomic mass is 35.5. The Morgan fingerprint density at radius 2 is 1.95 bits per heavy atom. The van der Waals surface area contributed by atoms with Gasteiger partial charge >= 0.3 is 0 Å². The number of hydrogen-bond donors (Lipinski definition) is 2. The van der Waals surface area contributed by atoms with Gasteiger partial charge in [0, 0.05) is 23.8 Å². The lowest BCUT2D eigenvalue weighted by atomic mass is 10.2. The summed E-state index contributed by atoms with van der Waals surface area (Å²) in [5.74, 6) is 0.330. The average molecular weight is 527 g/mol. The predicted octanol–water partition coefficient (Wildman–Crippen LogP) is 2.00. The molecule has 3 aromatic rings. The van der Waals surface area contributed by atoms with Gasteiger partial charge in [0.25, 0.3) is 0 Å². The minimum Gasteiger partial charge on any atom is -0.546 e. The highest BCUT2D eigenvalue weighted by Crippen LogP contribution is 2.27. The third kappa shape index (κ3) is 7.18. The molecule has 1 fully saturated rings. The second kappa shape index (κ2) is 12.2. The normalized spacial score (nSPS) is 13.4. The number of anilines is 4. The maximum absolute atomic E-state index is 10.7. The van der Waals surface area contributed by atoms with Gasteiger partial charge in [-0.1, -0.05) is 17.7 Å². The maximum Gasteiger partial charge on any atom is 0.250 e.